The Balaban J connectivity index is 1.46. The van der Waals surface area contributed by atoms with Crippen LogP contribution in [0, 0.1) is 11.3 Å². The van der Waals surface area contributed by atoms with Crippen LogP contribution in [-0.2, 0) is 0 Å². The van der Waals surface area contributed by atoms with Gasteiger partial charge in [-0.1, -0.05) is 20.8 Å². The van der Waals surface area contributed by atoms with Gasteiger partial charge < -0.3 is 15.1 Å². The van der Waals surface area contributed by atoms with Gasteiger partial charge in [0.05, 0.1) is 11.7 Å². The first-order valence-electron chi connectivity index (χ1n) is 12.2. The SMILES string of the molecule is CC(C)(C)C1CCC(n2cc(NC(=O)c3coc(-c4ccnc(NCC(F)(F)F)c4)n3)c(C(F)F)n2)CC1. The third-order valence-corrected chi connectivity index (χ3v) is 6.72. The quantitative estimate of drug-likeness (QED) is 0.317. The molecule has 1 aliphatic rings. The van der Waals surface area contributed by atoms with Gasteiger partial charge in [-0.05, 0) is 49.1 Å². The van der Waals surface area contributed by atoms with Crippen LogP contribution in [0.4, 0.5) is 33.5 Å². The highest BCUT2D eigenvalue weighted by atomic mass is 19.4. The number of carbonyl (C=O) groups excluding carboxylic acids is 1. The molecule has 4 rings (SSSR count). The number of oxazole rings is 1. The number of nitrogens with one attached hydrogen (secondary N) is 2. The van der Waals surface area contributed by atoms with E-state index < -0.39 is 30.7 Å². The molecular weight excluding hydrogens is 511 g/mol. The van der Waals surface area contributed by atoms with Crippen LogP contribution in [-0.4, -0.2) is 38.4 Å². The van der Waals surface area contributed by atoms with Crippen molar-refractivity contribution in [2.45, 2.75) is 65.1 Å². The molecular formula is C25H29F5N6O2. The number of pyridine rings is 1. The second kappa shape index (κ2) is 10.7. The van der Waals surface area contributed by atoms with Crippen molar-refractivity contribution < 1.29 is 31.2 Å². The molecule has 0 saturated heterocycles. The minimum atomic E-state index is -4.43. The second-order valence-electron chi connectivity index (χ2n) is 10.5. The molecule has 1 fully saturated rings. The molecule has 0 bridgehead atoms. The summed E-state index contributed by atoms with van der Waals surface area (Å²) in [5.74, 6) is -0.355. The van der Waals surface area contributed by atoms with E-state index in [0.29, 0.717) is 5.92 Å². The minimum absolute atomic E-state index is 0.0396. The van der Waals surface area contributed by atoms with Gasteiger partial charge in [0.2, 0.25) is 5.89 Å². The lowest BCUT2D eigenvalue weighted by molar-refractivity contribution is -0.115. The summed E-state index contributed by atoms with van der Waals surface area (Å²) in [7, 11) is 0. The molecule has 206 valence electrons. The van der Waals surface area contributed by atoms with Crippen LogP contribution >= 0.6 is 0 Å². The van der Waals surface area contributed by atoms with Gasteiger partial charge in [0, 0.05) is 18.0 Å². The Bertz CT molecular complexity index is 1260. The Labute approximate surface area is 216 Å². The van der Waals surface area contributed by atoms with E-state index in [1.807, 2.05) is 0 Å². The standard InChI is InChI=1S/C25H29F5N6O2/c1-24(2,3)15-4-6-16(7-5-15)36-11-17(20(35-36)21(26)27)33-22(37)18-12-38-23(34-18)14-8-9-31-19(10-14)32-13-25(28,29)30/h8-12,15-16,21H,4-7,13H2,1-3H3,(H,31,32)(H,33,37). The summed E-state index contributed by atoms with van der Waals surface area (Å²) in [6, 6.07) is 2.69. The van der Waals surface area contributed by atoms with E-state index in [4.69, 9.17) is 4.42 Å². The van der Waals surface area contributed by atoms with Gasteiger partial charge >= 0.3 is 6.18 Å². The van der Waals surface area contributed by atoms with Gasteiger partial charge in [-0.15, -0.1) is 0 Å². The van der Waals surface area contributed by atoms with Gasteiger partial charge in [0.1, 0.15) is 18.6 Å². The Kier molecular flexibility index (Phi) is 7.75. The van der Waals surface area contributed by atoms with E-state index in [2.05, 4.69) is 46.5 Å². The molecule has 1 saturated carbocycles. The summed E-state index contributed by atoms with van der Waals surface area (Å²) >= 11 is 0. The Hall–Kier alpha value is -3.51. The number of carbonyl (C=O) groups is 1. The first-order chi connectivity index (χ1) is 17.8. The molecule has 8 nitrogen and oxygen atoms in total. The molecule has 0 aromatic carbocycles. The van der Waals surface area contributed by atoms with Crippen molar-refractivity contribution in [3.8, 4) is 11.5 Å². The first-order valence-corrected chi connectivity index (χ1v) is 12.2. The van der Waals surface area contributed by atoms with Crippen molar-refractivity contribution in [1.29, 1.82) is 0 Å². The fourth-order valence-corrected chi connectivity index (χ4v) is 4.60. The highest BCUT2D eigenvalue weighted by Crippen LogP contribution is 2.42. The van der Waals surface area contributed by atoms with Crippen molar-refractivity contribution in [2.75, 3.05) is 17.2 Å². The topological polar surface area (TPSA) is 97.9 Å². The van der Waals surface area contributed by atoms with Crippen LogP contribution < -0.4 is 10.6 Å². The van der Waals surface area contributed by atoms with Crippen molar-refractivity contribution in [1.82, 2.24) is 19.7 Å². The molecule has 13 heteroatoms. The van der Waals surface area contributed by atoms with E-state index in [1.54, 1.807) is 0 Å². The molecule has 38 heavy (non-hydrogen) atoms. The normalized spacial score (nSPS) is 18.6. The van der Waals surface area contributed by atoms with Crippen molar-refractivity contribution >= 4 is 17.4 Å². The summed E-state index contributed by atoms with van der Waals surface area (Å²) < 4.78 is 71.7. The number of amides is 1. The smallest absolute Gasteiger partial charge is 0.405 e. The average Bonchev–Trinajstić information content (AvgIpc) is 3.50. The van der Waals surface area contributed by atoms with Gasteiger partial charge in [0.25, 0.3) is 12.3 Å². The van der Waals surface area contributed by atoms with Crippen LogP contribution in [0.15, 0.2) is 35.2 Å². The molecule has 0 aliphatic heterocycles. The number of halogens is 5. The minimum Gasteiger partial charge on any atom is -0.444 e. The summed E-state index contributed by atoms with van der Waals surface area (Å²) in [5, 5.41) is 8.67. The predicted octanol–water partition coefficient (Wildman–Crippen LogP) is 6.87. The summed E-state index contributed by atoms with van der Waals surface area (Å²) in [6.07, 6.45) is -0.0781. The molecule has 3 aromatic rings. The maximum absolute atomic E-state index is 13.7. The number of hydrogen-bond donors (Lipinski definition) is 2. The summed E-state index contributed by atoms with van der Waals surface area (Å²) in [6.45, 7) is 5.31. The fraction of sp³-hybridized carbons (Fsp3) is 0.520. The Morgan fingerprint density at radius 1 is 1.18 bits per heavy atom. The number of nitrogens with zero attached hydrogens (tertiary/aromatic N) is 4. The van der Waals surface area contributed by atoms with Gasteiger partial charge in [-0.2, -0.15) is 18.3 Å². The van der Waals surface area contributed by atoms with Crippen LogP contribution in [0.25, 0.3) is 11.5 Å². The number of alkyl halides is 5. The van der Waals surface area contributed by atoms with Gasteiger partial charge in [-0.3, -0.25) is 9.48 Å². The second-order valence-corrected chi connectivity index (χ2v) is 10.5. The zero-order valence-corrected chi connectivity index (χ0v) is 21.1. The van der Waals surface area contributed by atoms with Crippen molar-refractivity contribution in [3.63, 3.8) is 0 Å². The lowest BCUT2D eigenvalue weighted by Gasteiger charge is -2.37. The maximum atomic E-state index is 13.7. The number of hydrogen-bond acceptors (Lipinski definition) is 6. The molecule has 2 N–H and O–H groups in total. The van der Waals surface area contributed by atoms with Crippen LogP contribution in [0.3, 0.4) is 0 Å². The van der Waals surface area contributed by atoms with E-state index in [-0.39, 0.29) is 40.1 Å². The lowest BCUT2D eigenvalue weighted by atomic mass is 9.71. The zero-order chi connectivity index (χ0) is 27.7. The summed E-state index contributed by atoms with van der Waals surface area (Å²) in [5.41, 5.74) is -0.392. The number of aromatic nitrogens is 4. The third-order valence-electron chi connectivity index (χ3n) is 6.72. The monoisotopic (exact) mass is 540 g/mol. The third kappa shape index (κ3) is 6.67. The van der Waals surface area contributed by atoms with E-state index in [9.17, 15) is 26.7 Å². The van der Waals surface area contributed by atoms with E-state index in [0.717, 1.165) is 31.9 Å². The van der Waals surface area contributed by atoms with Crippen molar-refractivity contribution in [2.24, 2.45) is 11.3 Å². The van der Waals surface area contributed by atoms with E-state index >= 15 is 0 Å². The Morgan fingerprint density at radius 3 is 2.53 bits per heavy atom. The lowest BCUT2D eigenvalue weighted by Crippen LogP contribution is -2.27. The molecule has 0 atom stereocenters. The highest BCUT2D eigenvalue weighted by Gasteiger charge is 2.32. The van der Waals surface area contributed by atoms with E-state index in [1.165, 1.54) is 29.2 Å². The molecule has 0 spiro atoms. The Morgan fingerprint density at radius 2 is 1.89 bits per heavy atom. The predicted molar refractivity (Wildman–Crippen MR) is 130 cm³/mol. The van der Waals surface area contributed by atoms with Gasteiger partial charge in [0.15, 0.2) is 11.4 Å². The number of anilines is 2. The number of rotatable bonds is 7. The van der Waals surface area contributed by atoms with Crippen LogP contribution in [0.1, 0.15) is 75.1 Å². The van der Waals surface area contributed by atoms with Crippen molar-refractivity contribution in [3.05, 3.63) is 42.2 Å². The first kappa shape index (κ1) is 27.5. The molecule has 0 unspecified atom stereocenters. The molecule has 1 aliphatic carbocycles. The maximum Gasteiger partial charge on any atom is 0.405 e. The summed E-state index contributed by atoms with van der Waals surface area (Å²) in [4.78, 5) is 20.7. The highest BCUT2D eigenvalue weighted by molar-refractivity contribution is 6.03. The molecule has 3 aromatic heterocycles. The average molecular weight is 541 g/mol. The molecule has 0 radical (unpaired) electrons. The fourth-order valence-electron chi connectivity index (χ4n) is 4.60. The van der Waals surface area contributed by atoms with Gasteiger partial charge in [-0.25, -0.2) is 18.7 Å². The van der Waals surface area contributed by atoms with Crippen LogP contribution in [0.2, 0.25) is 0 Å². The molecule has 3 heterocycles. The molecule has 1 amide bonds. The largest absolute Gasteiger partial charge is 0.444 e. The zero-order valence-electron chi connectivity index (χ0n) is 21.1. The van der Waals surface area contributed by atoms with Crippen LogP contribution in [0.5, 0.6) is 0 Å².